The van der Waals surface area contributed by atoms with Gasteiger partial charge in [-0.2, -0.15) is 0 Å². The van der Waals surface area contributed by atoms with Crippen molar-refractivity contribution in [2.45, 2.75) is 54.0 Å². The molecule has 0 radical (unpaired) electrons. The zero-order valence-electron chi connectivity index (χ0n) is 11.6. The van der Waals surface area contributed by atoms with Crippen LogP contribution in [0, 0.1) is 16.7 Å². The van der Waals surface area contributed by atoms with Crippen molar-refractivity contribution in [3.8, 4) is 0 Å². The fraction of sp³-hybridized carbons (Fsp3) is 0.923. The van der Waals surface area contributed by atoms with E-state index in [1.165, 1.54) is 0 Å². The highest BCUT2D eigenvalue weighted by atomic mass is 32.2. The average molecular weight is 245 g/mol. The third kappa shape index (κ3) is 3.24. The van der Waals surface area contributed by atoms with Gasteiger partial charge in [0.1, 0.15) is 0 Å². The summed E-state index contributed by atoms with van der Waals surface area (Å²) in [5, 5.41) is 0. The Morgan fingerprint density at radius 2 is 1.62 bits per heavy atom. The Hall–Kier alpha value is -0.0200. The predicted molar refractivity (Wildman–Crippen MR) is 74.1 cm³/mol. The number of hydrogen-bond donors (Lipinski definition) is 1. The van der Waals surface area contributed by atoms with Crippen LogP contribution in [0.3, 0.4) is 0 Å². The molecule has 3 atom stereocenters. The summed E-state index contributed by atoms with van der Waals surface area (Å²) < 4.78 is 15.4. The van der Waals surface area contributed by atoms with Crippen LogP contribution in [0.1, 0.15) is 48.0 Å². The van der Waals surface area contributed by atoms with Crippen molar-refractivity contribution in [2.75, 3.05) is 5.75 Å². The molecule has 0 spiro atoms. The van der Waals surface area contributed by atoms with Crippen LogP contribution in [0.15, 0.2) is 0 Å². The van der Waals surface area contributed by atoms with Crippen LogP contribution >= 0.6 is 0 Å². The van der Waals surface area contributed by atoms with Crippen molar-refractivity contribution in [2.24, 2.45) is 16.7 Å². The molecule has 2 nitrogen and oxygen atoms in total. The van der Waals surface area contributed by atoms with E-state index in [2.05, 4.69) is 52.1 Å². The molecule has 0 aromatic rings. The van der Waals surface area contributed by atoms with Crippen molar-refractivity contribution in [1.29, 1.82) is 0 Å². The highest BCUT2D eigenvalue weighted by Gasteiger charge is 2.42. The fourth-order valence-electron chi connectivity index (χ4n) is 2.57. The lowest BCUT2D eigenvalue weighted by molar-refractivity contribution is 0.110. The van der Waals surface area contributed by atoms with Crippen molar-refractivity contribution in [3.05, 3.63) is 0 Å². The second-order valence-electron chi connectivity index (χ2n) is 7.24. The maximum atomic E-state index is 12.1. The molecule has 96 valence electrons. The molecule has 3 unspecified atom stereocenters. The molecule has 1 heterocycles. The molecule has 0 aromatic carbocycles. The third-order valence-corrected chi connectivity index (χ3v) is 5.13. The minimum Gasteiger partial charge on any atom is -0.253 e. The molecule has 1 aliphatic heterocycles. The number of hydrogen-bond acceptors (Lipinski definition) is 1. The molecule has 1 N–H and O–H groups in total. The quantitative estimate of drug-likeness (QED) is 0.653. The van der Waals surface area contributed by atoms with Crippen molar-refractivity contribution in [3.63, 3.8) is 0 Å². The van der Waals surface area contributed by atoms with Crippen molar-refractivity contribution >= 4 is 15.6 Å². The molecule has 1 aliphatic rings. The topological polar surface area (TPSA) is 29.1 Å². The highest BCUT2D eigenvalue weighted by Crippen LogP contribution is 2.40. The van der Waals surface area contributed by atoms with E-state index >= 15 is 0 Å². The normalized spacial score (nSPS) is 37.4. The lowest BCUT2D eigenvalue weighted by Gasteiger charge is -2.47. The van der Waals surface area contributed by atoms with E-state index < -0.39 is 9.71 Å². The van der Waals surface area contributed by atoms with E-state index in [1.807, 2.05) is 0 Å². The fourth-order valence-corrected chi connectivity index (χ4v) is 4.30. The maximum Gasteiger partial charge on any atom is 0.0292 e. The molecule has 0 aliphatic carbocycles. The molecule has 1 fully saturated rings. The zero-order chi connectivity index (χ0) is 12.8. The SMILES string of the molecule is C=S1(=O)CCC(C(C)(C)C)C(C(C)(C)C)N1. The van der Waals surface area contributed by atoms with Gasteiger partial charge in [0.25, 0.3) is 0 Å². The summed E-state index contributed by atoms with van der Waals surface area (Å²) in [6.07, 6.45) is 1.01. The standard InChI is InChI=1S/C13H27NOS/c1-12(2,3)10-8-9-16(7,15)14-11(10)13(4,5)6/h10-11H,7-9H2,1-6H3,(H,14,15). The smallest absolute Gasteiger partial charge is 0.0292 e. The van der Waals surface area contributed by atoms with E-state index in [4.69, 9.17) is 0 Å². The van der Waals surface area contributed by atoms with Crippen LogP contribution in [-0.2, 0) is 9.71 Å². The highest BCUT2D eigenvalue weighted by molar-refractivity contribution is 7.98. The summed E-state index contributed by atoms with van der Waals surface area (Å²) in [5.74, 6) is 5.10. The third-order valence-electron chi connectivity index (χ3n) is 3.55. The Kier molecular flexibility index (Phi) is 3.53. The van der Waals surface area contributed by atoms with Gasteiger partial charge in [0, 0.05) is 21.5 Å². The van der Waals surface area contributed by atoms with Gasteiger partial charge in [0.05, 0.1) is 0 Å². The van der Waals surface area contributed by atoms with Crippen LogP contribution in [0.25, 0.3) is 0 Å². The van der Waals surface area contributed by atoms with Gasteiger partial charge in [-0.15, -0.1) is 0 Å². The van der Waals surface area contributed by atoms with E-state index in [9.17, 15) is 4.21 Å². The molecule has 1 saturated heterocycles. The molecule has 0 bridgehead atoms. The van der Waals surface area contributed by atoms with E-state index in [0.29, 0.717) is 11.7 Å². The summed E-state index contributed by atoms with van der Waals surface area (Å²) in [6, 6.07) is 0.284. The first kappa shape index (κ1) is 14.0. The van der Waals surface area contributed by atoms with E-state index in [-0.39, 0.29) is 16.9 Å². The van der Waals surface area contributed by atoms with Gasteiger partial charge in [-0.1, -0.05) is 41.5 Å². The molecule has 0 amide bonds. The zero-order valence-corrected chi connectivity index (χ0v) is 12.4. The van der Waals surface area contributed by atoms with Gasteiger partial charge < -0.3 is 0 Å². The summed E-state index contributed by atoms with van der Waals surface area (Å²) in [5.41, 5.74) is 0.375. The van der Waals surface area contributed by atoms with Gasteiger partial charge >= 0.3 is 0 Å². The van der Waals surface area contributed by atoms with Crippen LogP contribution in [0.5, 0.6) is 0 Å². The summed E-state index contributed by atoms with van der Waals surface area (Å²) in [6.45, 7) is 13.5. The average Bonchev–Trinajstić information content (AvgIpc) is 1.97. The van der Waals surface area contributed by atoms with Gasteiger partial charge in [-0.3, -0.25) is 4.21 Å². The number of nitrogens with one attached hydrogen (secondary N) is 1. The monoisotopic (exact) mass is 245 g/mol. The van der Waals surface area contributed by atoms with Crippen LogP contribution in [0.4, 0.5) is 0 Å². The van der Waals surface area contributed by atoms with Gasteiger partial charge in [0.2, 0.25) is 0 Å². The Morgan fingerprint density at radius 1 is 1.12 bits per heavy atom. The number of rotatable bonds is 0. The lowest BCUT2D eigenvalue weighted by Crippen LogP contribution is -2.56. The molecular weight excluding hydrogens is 218 g/mol. The first-order valence-corrected chi connectivity index (χ1v) is 7.95. The Labute approximate surface area is 101 Å². The van der Waals surface area contributed by atoms with Gasteiger partial charge in [0.15, 0.2) is 0 Å². The van der Waals surface area contributed by atoms with Gasteiger partial charge in [-0.05, 0) is 29.0 Å². The summed E-state index contributed by atoms with van der Waals surface area (Å²) in [7, 11) is -2.06. The molecule has 0 aromatic heterocycles. The van der Waals surface area contributed by atoms with E-state index in [0.717, 1.165) is 6.42 Å². The molecule has 1 rings (SSSR count). The van der Waals surface area contributed by atoms with Crippen LogP contribution in [-0.4, -0.2) is 21.9 Å². The van der Waals surface area contributed by atoms with Gasteiger partial charge in [-0.25, -0.2) is 4.72 Å². The first-order chi connectivity index (χ1) is 6.93. The Bertz CT molecular complexity index is 343. The molecular formula is C13H27NOS. The summed E-state index contributed by atoms with van der Waals surface area (Å²) in [4.78, 5) is 0. The Morgan fingerprint density at radius 3 is 2.00 bits per heavy atom. The predicted octanol–water partition coefficient (Wildman–Crippen LogP) is 2.69. The van der Waals surface area contributed by atoms with Crippen LogP contribution in [0.2, 0.25) is 0 Å². The minimum atomic E-state index is -2.06. The Balaban J connectivity index is 3.03. The summed E-state index contributed by atoms with van der Waals surface area (Å²) >= 11 is 0. The lowest BCUT2D eigenvalue weighted by atomic mass is 9.67. The molecule has 3 heteroatoms. The van der Waals surface area contributed by atoms with Crippen molar-refractivity contribution < 1.29 is 4.21 Å². The minimum absolute atomic E-state index is 0.124. The largest absolute Gasteiger partial charge is 0.253 e. The maximum absolute atomic E-state index is 12.1. The molecule has 0 saturated carbocycles. The van der Waals surface area contributed by atoms with E-state index in [1.54, 1.807) is 0 Å². The first-order valence-electron chi connectivity index (χ1n) is 6.06. The second kappa shape index (κ2) is 4.02. The van der Waals surface area contributed by atoms with Crippen molar-refractivity contribution in [1.82, 2.24) is 4.72 Å². The second-order valence-corrected chi connectivity index (χ2v) is 9.51. The molecule has 16 heavy (non-hydrogen) atoms. The van der Waals surface area contributed by atoms with Crippen LogP contribution < -0.4 is 4.72 Å².